The first-order valence-electron chi connectivity index (χ1n) is 10.5. The molecule has 0 aliphatic carbocycles. The lowest BCUT2D eigenvalue weighted by atomic mass is 9.98. The zero-order chi connectivity index (χ0) is 22.2. The lowest BCUT2D eigenvalue weighted by molar-refractivity contribution is -0.0165. The molecule has 0 saturated heterocycles. The van der Waals surface area contributed by atoms with E-state index in [0.717, 1.165) is 45.4 Å². The van der Waals surface area contributed by atoms with Crippen LogP contribution in [-0.2, 0) is 22.6 Å². The van der Waals surface area contributed by atoms with Crippen LogP contribution < -0.4 is 14.2 Å². The minimum atomic E-state index is -0.127. The summed E-state index contributed by atoms with van der Waals surface area (Å²) in [5.74, 6) is 2.24. The Morgan fingerprint density at radius 2 is 2.09 bits per heavy atom. The molecule has 168 valence electrons. The third-order valence-electron chi connectivity index (χ3n) is 5.80. The first-order valence-corrected chi connectivity index (χ1v) is 11.3. The van der Waals surface area contributed by atoms with E-state index in [1.807, 2.05) is 25.1 Å². The predicted octanol–water partition coefficient (Wildman–Crippen LogP) is 4.43. The monoisotopic (exact) mass is 501 g/mol. The first-order chi connectivity index (χ1) is 15.5. The lowest BCUT2D eigenvalue weighted by Crippen LogP contribution is -2.33. The molecule has 2 aromatic rings. The molecule has 0 atom stereocenters. The maximum absolute atomic E-state index is 13.3. The number of hydrogen-bond donors (Lipinski definition) is 0. The second kappa shape index (κ2) is 8.86. The van der Waals surface area contributed by atoms with Crippen LogP contribution in [0.5, 0.6) is 17.2 Å². The summed E-state index contributed by atoms with van der Waals surface area (Å²) in [4.78, 5) is 15.5. The summed E-state index contributed by atoms with van der Waals surface area (Å²) < 4.78 is 29.3. The number of carbonyl (C=O) groups excluding carboxylic acids is 1. The van der Waals surface area contributed by atoms with Crippen molar-refractivity contribution >= 4 is 27.8 Å². The fraction of sp³-hybridized carbons (Fsp3) is 0.375. The van der Waals surface area contributed by atoms with Crippen LogP contribution >= 0.6 is 15.9 Å². The van der Waals surface area contributed by atoms with Gasteiger partial charge in [-0.3, -0.25) is 9.69 Å². The Morgan fingerprint density at radius 1 is 1.22 bits per heavy atom. The number of fused-ring (bicyclic) bond motifs is 4. The van der Waals surface area contributed by atoms with E-state index in [9.17, 15) is 4.79 Å². The number of methoxy groups -OCH3 is 1. The molecule has 0 bridgehead atoms. The second-order valence-electron chi connectivity index (χ2n) is 8.08. The van der Waals surface area contributed by atoms with E-state index in [1.165, 1.54) is 0 Å². The largest absolute Gasteiger partial charge is 0.478 e. The van der Waals surface area contributed by atoms with E-state index < -0.39 is 0 Å². The molecule has 0 fully saturated rings. The summed E-state index contributed by atoms with van der Waals surface area (Å²) in [7, 11) is 1.70. The van der Waals surface area contributed by atoms with Crippen molar-refractivity contribution in [2.24, 2.45) is 0 Å². The molecule has 0 amide bonds. The van der Waals surface area contributed by atoms with Crippen molar-refractivity contribution < 1.29 is 28.5 Å². The second-order valence-corrected chi connectivity index (χ2v) is 9.00. The Bertz CT molecular complexity index is 1110. The molecule has 0 aromatic heterocycles. The molecule has 3 aliphatic rings. The molecule has 3 heterocycles. The number of ketones is 1. The number of halogens is 1. The minimum absolute atomic E-state index is 0.127. The van der Waals surface area contributed by atoms with Crippen LogP contribution in [0, 0.1) is 6.92 Å². The molecule has 5 rings (SSSR count). The summed E-state index contributed by atoms with van der Waals surface area (Å²) in [6, 6.07) is 5.81. The zero-order valence-corrected chi connectivity index (χ0v) is 19.6. The number of nitrogens with zero attached hydrogens (tertiary/aromatic N) is 1. The predicted molar refractivity (Wildman–Crippen MR) is 121 cm³/mol. The van der Waals surface area contributed by atoms with E-state index >= 15 is 0 Å². The molecule has 7 nitrogen and oxygen atoms in total. The van der Waals surface area contributed by atoms with E-state index in [-0.39, 0.29) is 18.3 Å². The smallest absolute Gasteiger partial charge is 0.232 e. The molecular formula is C24H24BrNO6. The molecule has 2 aromatic carbocycles. The third kappa shape index (κ3) is 3.92. The summed E-state index contributed by atoms with van der Waals surface area (Å²) in [5.41, 5.74) is 4.06. The quantitative estimate of drug-likeness (QED) is 0.443. The van der Waals surface area contributed by atoms with Gasteiger partial charge in [-0.25, -0.2) is 0 Å². The average Bonchev–Trinajstić information content (AvgIpc) is 3.11. The van der Waals surface area contributed by atoms with E-state index in [1.54, 1.807) is 13.2 Å². The molecular weight excluding hydrogens is 478 g/mol. The summed E-state index contributed by atoms with van der Waals surface area (Å²) in [6.45, 7) is 5.27. The highest BCUT2D eigenvalue weighted by Crippen LogP contribution is 2.44. The van der Waals surface area contributed by atoms with Gasteiger partial charge in [-0.2, -0.15) is 0 Å². The Kier molecular flexibility index (Phi) is 5.94. The molecule has 0 saturated carbocycles. The average molecular weight is 502 g/mol. The number of ether oxygens (including phenoxy) is 5. The number of aryl methyl sites for hydroxylation is 1. The van der Waals surface area contributed by atoms with Crippen molar-refractivity contribution in [2.45, 2.75) is 26.5 Å². The van der Waals surface area contributed by atoms with E-state index in [0.29, 0.717) is 43.6 Å². The topological polar surface area (TPSA) is 66.5 Å². The lowest BCUT2D eigenvalue weighted by Gasteiger charge is -2.30. The maximum atomic E-state index is 13.3. The number of Topliss-reactive ketones (excluding diaryl/α,β-unsaturated/α-hetero) is 1. The van der Waals surface area contributed by atoms with Gasteiger partial charge in [-0.05, 0) is 43.2 Å². The maximum Gasteiger partial charge on any atom is 0.232 e. The van der Waals surface area contributed by atoms with Gasteiger partial charge >= 0.3 is 0 Å². The fourth-order valence-electron chi connectivity index (χ4n) is 4.31. The number of hydrogen-bond acceptors (Lipinski definition) is 7. The third-order valence-corrected chi connectivity index (χ3v) is 6.26. The number of allylic oxidation sites excluding steroid dienone is 1. The Labute approximate surface area is 195 Å². The van der Waals surface area contributed by atoms with Crippen LogP contribution in [0.4, 0.5) is 0 Å². The van der Waals surface area contributed by atoms with Gasteiger partial charge in [0.25, 0.3) is 0 Å². The van der Waals surface area contributed by atoms with Crippen LogP contribution in [0.3, 0.4) is 0 Å². The van der Waals surface area contributed by atoms with E-state index in [2.05, 4.69) is 20.8 Å². The van der Waals surface area contributed by atoms with Gasteiger partial charge in [0.1, 0.15) is 24.0 Å². The highest BCUT2D eigenvalue weighted by atomic mass is 79.9. The Hall–Kier alpha value is -2.39. The van der Waals surface area contributed by atoms with Crippen LogP contribution in [0.1, 0.15) is 39.0 Å². The summed E-state index contributed by atoms with van der Waals surface area (Å²) >= 11 is 3.53. The normalized spacial score (nSPS) is 18.5. The Balaban J connectivity index is 1.49. The SMILES string of the molecule is COCCCN1COc2cc(C)c3c(c2C1)O/C(=C\c1cc(Br)cc2c1OCOC2)C3=O. The Morgan fingerprint density at radius 3 is 2.94 bits per heavy atom. The van der Waals surface area contributed by atoms with Crippen molar-refractivity contribution in [1.29, 1.82) is 0 Å². The van der Waals surface area contributed by atoms with Gasteiger partial charge in [0.2, 0.25) is 5.78 Å². The van der Waals surface area contributed by atoms with Crippen molar-refractivity contribution in [3.05, 3.63) is 56.2 Å². The number of benzene rings is 2. The van der Waals surface area contributed by atoms with Crippen molar-refractivity contribution in [3.63, 3.8) is 0 Å². The van der Waals surface area contributed by atoms with Crippen molar-refractivity contribution in [1.82, 2.24) is 4.90 Å². The van der Waals surface area contributed by atoms with Gasteiger partial charge < -0.3 is 23.7 Å². The van der Waals surface area contributed by atoms with Crippen molar-refractivity contribution in [3.8, 4) is 17.2 Å². The number of carbonyl (C=O) groups is 1. The summed E-state index contributed by atoms with van der Waals surface area (Å²) in [6.07, 6.45) is 2.66. The number of rotatable bonds is 5. The molecule has 0 spiro atoms. The molecule has 32 heavy (non-hydrogen) atoms. The highest BCUT2D eigenvalue weighted by molar-refractivity contribution is 9.10. The van der Waals surface area contributed by atoms with Crippen LogP contribution in [0.15, 0.2) is 28.4 Å². The van der Waals surface area contributed by atoms with E-state index in [4.69, 9.17) is 23.7 Å². The van der Waals surface area contributed by atoms with Crippen LogP contribution in [0.2, 0.25) is 0 Å². The zero-order valence-electron chi connectivity index (χ0n) is 18.0. The molecule has 8 heteroatoms. The molecule has 0 N–H and O–H groups in total. The molecule has 3 aliphatic heterocycles. The molecule has 0 unspecified atom stereocenters. The standard InChI is InChI=1S/C24H24BrNO6/c1-14-6-19-18(10-26(12-30-19)4-3-5-28-2)24-21(14)22(27)20(32-24)9-15-7-17(25)8-16-11-29-13-31-23(15)16/h6-9H,3-5,10-13H2,1-2H3/b20-9-. The minimum Gasteiger partial charge on any atom is -0.478 e. The summed E-state index contributed by atoms with van der Waals surface area (Å²) in [5, 5.41) is 0. The fourth-order valence-corrected chi connectivity index (χ4v) is 4.83. The van der Waals surface area contributed by atoms with Gasteiger partial charge in [0.15, 0.2) is 12.6 Å². The van der Waals surface area contributed by atoms with Gasteiger partial charge in [-0.1, -0.05) is 15.9 Å². The van der Waals surface area contributed by atoms with Gasteiger partial charge in [0, 0.05) is 42.4 Å². The van der Waals surface area contributed by atoms with Crippen LogP contribution in [0.25, 0.3) is 6.08 Å². The van der Waals surface area contributed by atoms with Gasteiger partial charge in [-0.15, -0.1) is 0 Å². The highest BCUT2D eigenvalue weighted by Gasteiger charge is 2.35. The van der Waals surface area contributed by atoms with Crippen LogP contribution in [-0.4, -0.2) is 44.5 Å². The molecule has 0 radical (unpaired) electrons. The van der Waals surface area contributed by atoms with Crippen molar-refractivity contribution in [2.75, 3.05) is 33.8 Å². The first kappa shape index (κ1) is 21.5. The van der Waals surface area contributed by atoms with Gasteiger partial charge in [0.05, 0.1) is 17.7 Å².